The number of hydrazine groups is 1. The molecule has 0 fully saturated rings. The molecule has 7 heteroatoms. The quantitative estimate of drug-likeness (QED) is 0.504. The summed E-state index contributed by atoms with van der Waals surface area (Å²) < 4.78 is 13.8. The van der Waals surface area contributed by atoms with Crippen LogP contribution in [-0.4, -0.2) is 40.6 Å². The first-order valence-electron chi connectivity index (χ1n) is 5.66. The number of aliphatic hydroxyl groups excluding tert-OH is 1. The third kappa shape index (κ3) is 3.14. The number of amides is 1. The van der Waals surface area contributed by atoms with E-state index in [4.69, 9.17) is 10.9 Å². The SMILES string of the molecule is CCCN(CCO)C(=O)c1ccnc(NN)c1F. The molecule has 6 nitrogen and oxygen atoms in total. The molecule has 0 unspecified atom stereocenters. The van der Waals surface area contributed by atoms with Crippen molar-refractivity contribution in [3.05, 3.63) is 23.6 Å². The number of aromatic nitrogens is 1. The Morgan fingerprint density at radius 3 is 2.89 bits per heavy atom. The molecule has 0 atom stereocenters. The minimum Gasteiger partial charge on any atom is -0.395 e. The molecule has 1 aromatic heterocycles. The number of hydrogen-bond donors (Lipinski definition) is 3. The molecule has 1 rings (SSSR count). The normalized spacial score (nSPS) is 10.2. The summed E-state index contributed by atoms with van der Waals surface area (Å²) in [6.45, 7) is 2.35. The van der Waals surface area contributed by atoms with Gasteiger partial charge < -0.3 is 15.4 Å². The molecule has 0 aromatic carbocycles. The molecule has 0 spiro atoms. The van der Waals surface area contributed by atoms with E-state index in [1.165, 1.54) is 17.2 Å². The number of nitrogens with two attached hydrogens (primary N) is 1. The number of halogens is 1. The molecule has 100 valence electrons. The maximum Gasteiger partial charge on any atom is 0.257 e. The molecule has 0 aliphatic rings. The lowest BCUT2D eigenvalue weighted by atomic mass is 10.2. The predicted molar refractivity (Wildman–Crippen MR) is 65.3 cm³/mol. The van der Waals surface area contributed by atoms with Crippen LogP contribution in [0.2, 0.25) is 0 Å². The van der Waals surface area contributed by atoms with Crippen LogP contribution in [0.25, 0.3) is 0 Å². The third-order valence-corrected chi connectivity index (χ3v) is 2.41. The van der Waals surface area contributed by atoms with Crippen molar-refractivity contribution in [2.24, 2.45) is 5.84 Å². The summed E-state index contributed by atoms with van der Waals surface area (Å²) in [4.78, 5) is 17.1. The first-order valence-corrected chi connectivity index (χ1v) is 5.66. The highest BCUT2D eigenvalue weighted by Gasteiger charge is 2.20. The Bertz CT molecular complexity index is 408. The zero-order valence-corrected chi connectivity index (χ0v) is 10.2. The summed E-state index contributed by atoms with van der Waals surface area (Å²) in [5, 5.41) is 8.90. The van der Waals surface area contributed by atoms with Gasteiger partial charge in [0.2, 0.25) is 0 Å². The molecular formula is C11H17FN4O2. The zero-order valence-electron chi connectivity index (χ0n) is 10.2. The zero-order chi connectivity index (χ0) is 13.5. The van der Waals surface area contributed by atoms with Gasteiger partial charge in [-0.05, 0) is 12.5 Å². The second-order valence-corrected chi connectivity index (χ2v) is 3.68. The molecule has 18 heavy (non-hydrogen) atoms. The number of nitrogens with zero attached hydrogens (tertiary/aromatic N) is 2. The monoisotopic (exact) mass is 256 g/mol. The van der Waals surface area contributed by atoms with Crippen LogP contribution in [0.1, 0.15) is 23.7 Å². The van der Waals surface area contributed by atoms with Crippen LogP contribution in [0, 0.1) is 5.82 Å². The van der Waals surface area contributed by atoms with E-state index < -0.39 is 11.7 Å². The molecule has 0 aliphatic heterocycles. The Labute approximate surface area is 105 Å². The molecule has 0 bridgehead atoms. The number of aliphatic hydroxyl groups is 1. The van der Waals surface area contributed by atoms with Crippen LogP contribution < -0.4 is 11.3 Å². The highest BCUT2D eigenvalue weighted by molar-refractivity contribution is 5.95. The molecule has 1 amide bonds. The van der Waals surface area contributed by atoms with Gasteiger partial charge >= 0.3 is 0 Å². The number of pyridine rings is 1. The van der Waals surface area contributed by atoms with Gasteiger partial charge in [0.1, 0.15) is 0 Å². The average Bonchev–Trinajstić information content (AvgIpc) is 2.38. The topological polar surface area (TPSA) is 91.5 Å². The summed E-state index contributed by atoms with van der Waals surface area (Å²) in [5.74, 6) is 3.64. The van der Waals surface area contributed by atoms with Gasteiger partial charge in [0.25, 0.3) is 5.91 Å². The highest BCUT2D eigenvalue weighted by Crippen LogP contribution is 2.16. The molecule has 0 radical (unpaired) electrons. The summed E-state index contributed by atoms with van der Waals surface area (Å²) in [6, 6.07) is 1.29. The Morgan fingerprint density at radius 2 is 2.33 bits per heavy atom. The molecule has 1 heterocycles. The van der Waals surface area contributed by atoms with E-state index >= 15 is 0 Å². The van der Waals surface area contributed by atoms with Crippen molar-refractivity contribution in [2.45, 2.75) is 13.3 Å². The van der Waals surface area contributed by atoms with E-state index in [9.17, 15) is 9.18 Å². The summed E-state index contributed by atoms with van der Waals surface area (Å²) >= 11 is 0. The lowest BCUT2D eigenvalue weighted by molar-refractivity contribution is 0.0717. The first kappa shape index (κ1) is 14.3. The third-order valence-electron chi connectivity index (χ3n) is 2.41. The second-order valence-electron chi connectivity index (χ2n) is 3.68. The summed E-state index contributed by atoms with van der Waals surface area (Å²) in [6.07, 6.45) is 2.02. The fourth-order valence-electron chi connectivity index (χ4n) is 1.59. The number of hydrogen-bond acceptors (Lipinski definition) is 5. The minimum absolute atomic E-state index is 0.111. The van der Waals surface area contributed by atoms with E-state index in [2.05, 4.69) is 10.4 Å². The van der Waals surface area contributed by atoms with Crippen LogP contribution >= 0.6 is 0 Å². The van der Waals surface area contributed by atoms with Gasteiger partial charge in [-0.1, -0.05) is 6.92 Å². The maximum absolute atomic E-state index is 13.8. The second kappa shape index (κ2) is 6.87. The Morgan fingerprint density at radius 1 is 1.61 bits per heavy atom. The largest absolute Gasteiger partial charge is 0.395 e. The summed E-state index contributed by atoms with van der Waals surface area (Å²) in [5.41, 5.74) is 1.98. The van der Waals surface area contributed by atoms with Crippen molar-refractivity contribution in [3.63, 3.8) is 0 Å². The standard InChI is InChI=1S/C11H17FN4O2/c1-2-5-16(6-7-17)11(18)8-3-4-14-10(15-13)9(8)12/h3-4,17H,2,5-7,13H2,1H3,(H,14,15). The lowest BCUT2D eigenvalue weighted by Gasteiger charge is -2.21. The summed E-state index contributed by atoms with van der Waals surface area (Å²) in [7, 11) is 0. The van der Waals surface area contributed by atoms with Gasteiger partial charge in [0, 0.05) is 19.3 Å². The van der Waals surface area contributed by atoms with Crippen LogP contribution in [0.5, 0.6) is 0 Å². The van der Waals surface area contributed by atoms with Crippen LogP contribution in [0.4, 0.5) is 10.2 Å². The molecule has 0 saturated heterocycles. The average molecular weight is 256 g/mol. The highest BCUT2D eigenvalue weighted by atomic mass is 19.1. The molecule has 1 aromatic rings. The van der Waals surface area contributed by atoms with Gasteiger partial charge in [0.05, 0.1) is 12.2 Å². The first-order chi connectivity index (χ1) is 8.65. The van der Waals surface area contributed by atoms with E-state index in [0.29, 0.717) is 6.54 Å². The van der Waals surface area contributed by atoms with Crippen LogP contribution in [0.15, 0.2) is 12.3 Å². The van der Waals surface area contributed by atoms with Gasteiger partial charge in [-0.2, -0.15) is 0 Å². The Hall–Kier alpha value is -1.73. The number of nitrogen functional groups attached to an aromatic ring is 1. The fourth-order valence-corrected chi connectivity index (χ4v) is 1.59. The molecule has 0 saturated carbocycles. The molecule has 0 aliphatic carbocycles. The molecule has 4 N–H and O–H groups in total. The predicted octanol–water partition coefficient (Wildman–Crippen LogP) is 0.351. The van der Waals surface area contributed by atoms with Gasteiger partial charge in [0.15, 0.2) is 11.6 Å². The lowest BCUT2D eigenvalue weighted by Crippen LogP contribution is -2.35. The smallest absolute Gasteiger partial charge is 0.257 e. The maximum atomic E-state index is 13.8. The van der Waals surface area contributed by atoms with E-state index in [-0.39, 0.29) is 24.5 Å². The van der Waals surface area contributed by atoms with Crippen molar-refractivity contribution in [2.75, 3.05) is 25.1 Å². The van der Waals surface area contributed by atoms with Gasteiger partial charge in [-0.3, -0.25) is 4.79 Å². The van der Waals surface area contributed by atoms with Crippen molar-refractivity contribution < 1.29 is 14.3 Å². The Kier molecular flexibility index (Phi) is 5.47. The molecular weight excluding hydrogens is 239 g/mol. The van der Waals surface area contributed by atoms with Gasteiger partial charge in [-0.25, -0.2) is 15.2 Å². The van der Waals surface area contributed by atoms with Crippen LogP contribution in [0.3, 0.4) is 0 Å². The number of carbonyl (C=O) groups is 1. The van der Waals surface area contributed by atoms with Gasteiger partial charge in [-0.15, -0.1) is 0 Å². The number of rotatable bonds is 6. The Balaban J connectivity index is 3.00. The van der Waals surface area contributed by atoms with Crippen molar-refractivity contribution in [1.82, 2.24) is 9.88 Å². The van der Waals surface area contributed by atoms with Crippen molar-refractivity contribution in [3.8, 4) is 0 Å². The number of carbonyl (C=O) groups excluding carboxylic acids is 1. The number of anilines is 1. The number of nitrogens with one attached hydrogen (secondary N) is 1. The van der Waals surface area contributed by atoms with Crippen molar-refractivity contribution in [1.29, 1.82) is 0 Å². The van der Waals surface area contributed by atoms with E-state index in [0.717, 1.165) is 6.42 Å². The van der Waals surface area contributed by atoms with E-state index in [1.807, 2.05) is 6.92 Å². The fraction of sp³-hybridized carbons (Fsp3) is 0.455. The van der Waals surface area contributed by atoms with E-state index in [1.54, 1.807) is 0 Å². The minimum atomic E-state index is -0.788. The van der Waals surface area contributed by atoms with Crippen LogP contribution in [-0.2, 0) is 0 Å². The van der Waals surface area contributed by atoms with Crippen molar-refractivity contribution >= 4 is 11.7 Å².